The predicted molar refractivity (Wildman–Crippen MR) is 65.1 cm³/mol. The maximum atomic E-state index is 5.60. The van der Waals surface area contributed by atoms with Crippen molar-refractivity contribution in [3.05, 3.63) is 18.0 Å². The largest absolute Gasteiger partial charge is 0.384 e. The summed E-state index contributed by atoms with van der Waals surface area (Å²) in [5.41, 5.74) is 7.23. The minimum atomic E-state index is 0.498. The van der Waals surface area contributed by atoms with E-state index < -0.39 is 0 Å². The summed E-state index contributed by atoms with van der Waals surface area (Å²) in [4.78, 5) is 11.8. The van der Waals surface area contributed by atoms with Crippen molar-refractivity contribution in [2.45, 2.75) is 26.3 Å². The third kappa shape index (κ3) is 2.49. The van der Waals surface area contributed by atoms with Crippen LogP contribution in [0.1, 0.15) is 19.7 Å². The summed E-state index contributed by atoms with van der Waals surface area (Å²) in [6.45, 7) is 5.16. The second-order valence-corrected chi connectivity index (χ2v) is 4.15. The van der Waals surface area contributed by atoms with Crippen molar-refractivity contribution >= 4 is 17.0 Å². The summed E-state index contributed by atoms with van der Waals surface area (Å²) in [6.07, 6.45) is 0.869. The van der Waals surface area contributed by atoms with E-state index in [2.05, 4.69) is 34.1 Å². The van der Waals surface area contributed by atoms with E-state index in [1.807, 2.05) is 6.07 Å². The average Bonchev–Trinajstić information content (AvgIpc) is 2.58. The number of fused-ring (bicyclic) bond motifs is 1. The molecule has 2 rings (SSSR count). The number of nitrogens with one attached hydrogen (secondary N) is 2. The Kier molecular flexibility index (Phi) is 3.05. The van der Waals surface area contributed by atoms with E-state index in [9.17, 15) is 0 Å². The molecule has 5 nitrogen and oxygen atoms in total. The van der Waals surface area contributed by atoms with Gasteiger partial charge in [0.2, 0.25) is 0 Å². The average molecular weight is 219 g/mol. The number of rotatable bonds is 4. The first-order chi connectivity index (χ1) is 7.65. The van der Waals surface area contributed by atoms with E-state index in [4.69, 9.17) is 5.73 Å². The molecule has 16 heavy (non-hydrogen) atoms. The number of hydrogen-bond donors (Lipinski definition) is 3. The number of anilines is 1. The summed E-state index contributed by atoms with van der Waals surface area (Å²) < 4.78 is 0. The van der Waals surface area contributed by atoms with Crippen LogP contribution >= 0.6 is 0 Å². The molecule has 0 fully saturated rings. The van der Waals surface area contributed by atoms with E-state index in [0.717, 1.165) is 24.3 Å². The van der Waals surface area contributed by atoms with Gasteiger partial charge in [0, 0.05) is 19.0 Å². The highest BCUT2D eigenvalue weighted by Crippen LogP contribution is 2.10. The van der Waals surface area contributed by atoms with Crippen LogP contribution in [-0.2, 0) is 6.42 Å². The van der Waals surface area contributed by atoms with Gasteiger partial charge in [-0.1, -0.05) is 13.8 Å². The number of nitrogens with two attached hydrogens (primary N) is 1. The summed E-state index contributed by atoms with van der Waals surface area (Å²) in [5.74, 6) is 1.45. The Labute approximate surface area is 94.5 Å². The van der Waals surface area contributed by atoms with Gasteiger partial charge in [0.05, 0.1) is 5.52 Å². The van der Waals surface area contributed by atoms with Gasteiger partial charge in [0.15, 0.2) is 5.65 Å². The first-order valence-corrected chi connectivity index (χ1v) is 5.49. The molecule has 0 bridgehead atoms. The standard InChI is InChI=1S/C11H17N5/c1-7(2)13-6-5-10-14-8-3-4-9(12)15-11(8)16-10/h3-4,7,13H,5-6H2,1-2H3,(H3,12,14,15,16). The van der Waals surface area contributed by atoms with E-state index in [1.165, 1.54) is 0 Å². The Morgan fingerprint density at radius 1 is 1.38 bits per heavy atom. The fourth-order valence-corrected chi connectivity index (χ4v) is 1.55. The molecule has 86 valence electrons. The quantitative estimate of drug-likeness (QED) is 0.719. The van der Waals surface area contributed by atoms with Crippen molar-refractivity contribution in [2.24, 2.45) is 0 Å². The zero-order valence-corrected chi connectivity index (χ0v) is 9.62. The molecule has 0 saturated heterocycles. The maximum absolute atomic E-state index is 5.60. The number of nitrogens with zero attached hydrogens (tertiary/aromatic N) is 2. The molecule has 0 aliphatic carbocycles. The van der Waals surface area contributed by atoms with Crippen LogP contribution in [-0.4, -0.2) is 27.5 Å². The lowest BCUT2D eigenvalue weighted by Gasteiger charge is -2.05. The lowest BCUT2D eigenvalue weighted by Crippen LogP contribution is -2.25. The molecule has 5 heteroatoms. The highest BCUT2D eigenvalue weighted by atomic mass is 15.0. The molecule has 0 aromatic carbocycles. The van der Waals surface area contributed by atoms with E-state index in [0.29, 0.717) is 17.5 Å². The Morgan fingerprint density at radius 3 is 2.94 bits per heavy atom. The molecule has 0 unspecified atom stereocenters. The number of H-pyrrole nitrogens is 1. The van der Waals surface area contributed by atoms with Gasteiger partial charge in [-0.05, 0) is 12.1 Å². The van der Waals surface area contributed by atoms with Crippen LogP contribution in [0.4, 0.5) is 5.82 Å². The lowest BCUT2D eigenvalue weighted by atomic mass is 10.3. The van der Waals surface area contributed by atoms with Crippen LogP contribution in [0, 0.1) is 0 Å². The molecule has 0 saturated carbocycles. The number of aromatic amines is 1. The van der Waals surface area contributed by atoms with E-state index in [-0.39, 0.29) is 0 Å². The van der Waals surface area contributed by atoms with Crippen molar-refractivity contribution in [2.75, 3.05) is 12.3 Å². The highest BCUT2D eigenvalue weighted by molar-refractivity contribution is 5.72. The van der Waals surface area contributed by atoms with Gasteiger partial charge in [-0.15, -0.1) is 0 Å². The van der Waals surface area contributed by atoms with Gasteiger partial charge in [-0.25, -0.2) is 9.97 Å². The molecule has 0 spiro atoms. The Balaban J connectivity index is 2.08. The number of imidazole rings is 1. The molecule has 0 radical (unpaired) electrons. The van der Waals surface area contributed by atoms with Gasteiger partial charge in [-0.3, -0.25) is 0 Å². The SMILES string of the molecule is CC(C)NCCc1nc2nc(N)ccc2[nH]1. The zero-order valence-electron chi connectivity index (χ0n) is 9.62. The molecule has 0 aliphatic heterocycles. The van der Waals surface area contributed by atoms with Crippen molar-refractivity contribution in [1.29, 1.82) is 0 Å². The second kappa shape index (κ2) is 4.49. The van der Waals surface area contributed by atoms with Gasteiger partial charge in [0.25, 0.3) is 0 Å². The zero-order chi connectivity index (χ0) is 11.5. The summed E-state index contributed by atoms with van der Waals surface area (Å²) in [5, 5.41) is 3.34. The van der Waals surface area contributed by atoms with Crippen molar-refractivity contribution in [3.8, 4) is 0 Å². The number of hydrogen-bond acceptors (Lipinski definition) is 4. The van der Waals surface area contributed by atoms with E-state index in [1.54, 1.807) is 6.07 Å². The molecular weight excluding hydrogens is 202 g/mol. The highest BCUT2D eigenvalue weighted by Gasteiger charge is 2.04. The smallest absolute Gasteiger partial charge is 0.179 e. The number of nitrogen functional groups attached to an aromatic ring is 1. The van der Waals surface area contributed by atoms with Gasteiger partial charge >= 0.3 is 0 Å². The fourth-order valence-electron chi connectivity index (χ4n) is 1.55. The Bertz CT molecular complexity index is 474. The first kappa shape index (κ1) is 10.9. The minimum Gasteiger partial charge on any atom is -0.384 e. The molecular formula is C11H17N5. The normalized spacial score (nSPS) is 11.4. The summed E-state index contributed by atoms with van der Waals surface area (Å²) in [6, 6.07) is 4.18. The van der Waals surface area contributed by atoms with Crippen molar-refractivity contribution < 1.29 is 0 Å². The van der Waals surface area contributed by atoms with Crippen LogP contribution in [0.2, 0.25) is 0 Å². The van der Waals surface area contributed by atoms with Crippen molar-refractivity contribution in [1.82, 2.24) is 20.3 Å². The molecule has 2 aromatic rings. The van der Waals surface area contributed by atoms with Gasteiger partial charge < -0.3 is 16.0 Å². The maximum Gasteiger partial charge on any atom is 0.179 e. The van der Waals surface area contributed by atoms with Crippen LogP contribution in [0.5, 0.6) is 0 Å². The monoisotopic (exact) mass is 219 g/mol. The van der Waals surface area contributed by atoms with Crippen molar-refractivity contribution in [3.63, 3.8) is 0 Å². The molecule has 2 heterocycles. The molecule has 4 N–H and O–H groups in total. The third-order valence-electron chi connectivity index (χ3n) is 2.33. The molecule has 2 aromatic heterocycles. The summed E-state index contributed by atoms with van der Waals surface area (Å²) >= 11 is 0. The molecule has 0 aliphatic rings. The molecule has 0 amide bonds. The van der Waals surface area contributed by atoms with E-state index >= 15 is 0 Å². The molecule has 0 atom stereocenters. The van der Waals surface area contributed by atoms with Gasteiger partial charge in [0.1, 0.15) is 11.6 Å². The third-order valence-corrected chi connectivity index (χ3v) is 2.33. The van der Waals surface area contributed by atoms with Crippen LogP contribution in [0.25, 0.3) is 11.2 Å². The summed E-state index contributed by atoms with van der Waals surface area (Å²) in [7, 11) is 0. The second-order valence-electron chi connectivity index (χ2n) is 4.15. The number of aromatic nitrogens is 3. The van der Waals surface area contributed by atoms with Crippen LogP contribution in [0.3, 0.4) is 0 Å². The van der Waals surface area contributed by atoms with Gasteiger partial charge in [-0.2, -0.15) is 0 Å². The minimum absolute atomic E-state index is 0.498. The Hall–Kier alpha value is -1.62. The predicted octanol–water partition coefficient (Wildman–Crippen LogP) is 1.08. The first-order valence-electron chi connectivity index (χ1n) is 5.49. The Morgan fingerprint density at radius 2 is 2.19 bits per heavy atom. The lowest BCUT2D eigenvalue weighted by molar-refractivity contribution is 0.585. The van der Waals surface area contributed by atoms with Crippen LogP contribution < -0.4 is 11.1 Å². The van der Waals surface area contributed by atoms with Crippen LogP contribution in [0.15, 0.2) is 12.1 Å². The topological polar surface area (TPSA) is 79.6 Å². The fraction of sp³-hybridized carbons (Fsp3) is 0.455. The number of pyridine rings is 1.